The lowest BCUT2D eigenvalue weighted by atomic mass is 10.2. The molecular weight excluding hydrogens is 178 g/mol. The van der Waals surface area contributed by atoms with Gasteiger partial charge in [0, 0.05) is 13.7 Å². The van der Waals surface area contributed by atoms with Crippen LogP contribution in [0.1, 0.15) is 47.0 Å². The molecule has 0 rings (SSSR count). The van der Waals surface area contributed by atoms with Gasteiger partial charge in [-0.2, -0.15) is 0 Å². The van der Waals surface area contributed by atoms with Crippen molar-refractivity contribution in [1.82, 2.24) is 5.32 Å². The molecule has 14 heavy (non-hydrogen) atoms. The minimum atomic E-state index is 0.250. The van der Waals surface area contributed by atoms with E-state index in [1.807, 2.05) is 20.9 Å². The molecule has 0 fully saturated rings. The molecule has 3 N–H and O–H groups in total. The SMILES string of the molecule is CC.CCCCCNC.CCO.CO. The summed E-state index contributed by atoms with van der Waals surface area (Å²) in [7, 11) is 3.00. The second-order valence-corrected chi connectivity index (χ2v) is 2.13. The summed E-state index contributed by atoms with van der Waals surface area (Å²) in [5.74, 6) is 0. The highest BCUT2D eigenvalue weighted by molar-refractivity contribution is 4.39. The second kappa shape index (κ2) is 52.6. The highest BCUT2D eigenvalue weighted by Gasteiger charge is 1.78. The Bertz CT molecular complexity index is 40.3. The van der Waals surface area contributed by atoms with Gasteiger partial charge in [0.15, 0.2) is 0 Å². The number of rotatable bonds is 4. The molecule has 0 aromatic heterocycles. The van der Waals surface area contributed by atoms with Crippen LogP contribution >= 0.6 is 0 Å². The van der Waals surface area contributed by atoms with Crippen LogP contribution in [0.25, 0.3) is 0 Å². The molecule has 0 heterocycles. The van der Waals surface area contributed by atoms with E-state index < -0.39 is 0 Å². The molecule has 0 aliphatic heterocycles. The number of aliphatic hydroxyl groups is 2. The first-order chi connectivity index (χ1) is 6.83. The lowest BCUT2D eigenvalue weighted by Gasteiger charge is -1.93. The number of unbranched alkanes of at least 4 members (excludes halogenated alkanes) is 2. The van der Waals surface area contributed by atoms with Crippen molar-refractivity contribution in [2.24, 2.45) is 0 Å². The largest absolute Gasteiger partial charge is 0.400 e. The maximum atomic E-state index is 7.57. The van der Waals surface area contributed by atoms with E-state index in [0.717, 1.165) is 7.11 Å². The van der Waals surface area contributed by atoms with Crippen molar-refractivity contribution in [2.45, 2.75) is 47.0 Å². The second-order valence-electron chi connectivity index (χ2n) is 2.13. The Kier molecular flexibility index (Phi) is 88.6. The Morgan fingerprint density at radius 3 is 1.57 bits per heavy atom. The first-order valence-electron chi connectivity index (χ1n) is 5.53. The third-order valence-corrected chi connectivity index (χ3v) is 1.03. The van der Waals surface area contributed by atoms with Crippen LogP contribution in [0.15, 0.2) is 0 Å². The molecule has 0 aliphatic carbocycles. The number of hydrogen-bond acceptors (Lipinski definition) is 3. The van der Waals surface area contributed by atoms with Gasteiger partial charge < -0.3 is 15.5 Å². The van der Waals surface area contributed by atoms with Crippen molar-refractivity contribution in [1.29, 1.82) is 0 Å². The van der Waals surface area contributed by atoms with Crippen LogP contribution in [0.3, 0.4) is 0 Å². The Labute approximate surface area is 90.5 Å². The number of hydrogen-bond donors (Lipinski definition) is 3. The van der Waals surface area contributed by atoms with Crippen molar-refractivity contribution in [3.05, 3.63) is 0 Å². The Hall–Kier alpha value is -0.120. The average molecular weight is 209 g/mol. The summed E-state index contributed by atoms with van der Waals surface area (Å²) >= 11 is 0. The van der Waals surface area contributed by atoms with Gasteiger partial charge in [-0.3, -0.25) is 0 Å². The molecule has 92 valence electrons. The van der Waals surface area contributed by atoms with Gasteiger partial charge >= 0.3 is 0 Å². The molecule has 3 heteroatoms. The van der Waals surface area contributed by atoms with Gasteiger partial charge in [-0.1, -0.05) is 33.6 Å². The van der Waals surface area contributed by atoms with Crippen molar-refractivity contribution in [3.8, 4) is 0 Å². The average Bonchev–Trinajstić information content (AvgIpc) is 2.26. The molecule has 3 nitrogen and oxygen atoms in total. The lowest BCUT2D eigenvalue weighted by Crippen LogP contribution is -2.06. The standard InChI is InChI=1S/C6H15N.C2H6O.C2H6.CH4O/c1-3-4-5-6-7-2;1-2-3;2*1-2/h7H,3-6H2,1-2H3;3H,2H2,1H3;1-2H3;2H,1H3. The van der Waals surface area contributed by atoms with Gasteiger partial charge in [-0.05, 0) is 26.9 Å². The molecule has 0 atom stereocenters. The molecule has 0 saturated heterocycles. The minimum absolute atomic E-state index is 0.250. The van der Waals surface area contributed by atoms with Crippen molar-refractivity contribution in [3.63, 3.8) is 0 Å². The maximum Gasteiger partial charge on any atom is 0.0402 e. The zero-order valence-electron chi connectivity index (χ0n) is 10.9. The highest BCUT2D eigenvalue weighted by atomic mass is 16.2. The Morgan fingerprint density at radius 2 is 1.36 bits per heavy atom. The fraction of sp³-hybridized carbons (Fsp3) is 1.00. The van der Waals surface area contributed by atoms with Crippen LogP contribution in [0.4, 0.5) is 0 Å². The van der Waals surface area contributed by atoms with E-state index in [9.17, 15) is 0 Å². The molecule has 0 radical (unpaired) electrons. The van der Waals surface area contributed by atoms with Crippen molar-refractivity contribution >= 4 is 0 Å². The third kappa shape index (κ3) is 93.4. The van der Waals surface area contributed by atoms with E-state index >= 15 is 0 Å². The van der Waals surface area contributed by atoms with Crippen LogP contribution in [0, 0.1) is 0 Å². The van der Waals surface area contributed by atoms with Crippen LogP contribution in [-0.2, 0) is 0 Å². The Balaban J connectivity index is -0.0000000603. The van der Waals surface area contributed by atoms with Gasteiger partial charge in [0.05, 0.1) is 0 Å². The summed E-state index contributed by atoms with van der Waals surface area (Å²) in [5.41, 5.74) is 0. The quantitative estimate of drug-likeness (QED) is 0.621. The van der Waals surface area contributed by atoms with E-state index in [2.05, 4.69) is 12.2 Å². The summed E-state index contributed by atoms with van der Waals surface area (Å²) in [4.78, 5) is 0. The zero-order valence-corrected chi connectivity index (χ0v) is 10.9. The molecule has 0 aromatic rings. The van der Waals surface area contributed by atoms with Gasteiger partial charge in [0.2, 0.25) is 0 Å². The van der Waals surface area contributed by atoms with Crippen LogP contribution < -0.4 is 5.32 Å². The van der Waals surface area contributed by atoms with E-state index in [4.69, 9.17) is 10.2 Å². The summed E-state index contributed by atoms with van der Waals surface area (Å²) in [6.45, 7) is 9.32. The summed E-state index contributed by atoms with van der Waals surface area (Å²) < 4.78 is 0. The van der Waals surface area contributed by atoms with Crippen LogP contribution in [0.5, 0.6) is 0 Å². The molecular formula is C11H31NO2. The molecule has 0 unspecified atom stereocenters. The molecule has 0 aromatic carbocycles. The third-order valence-electron chi connectivity index (χ3n) is 1.03. The van der Waals surface area contributed by atoms with E-state index in [1.165, 1.54) is 25.8 Å². The molecule has 0 aliphatic rings. The first-order valence-corrected chi connectivity index (χ1v) is 5.53. The van der Waals surface area contributed by atoms with E-state index in [-0.39, 0.29) is 6.61 Å². The highest BCUT2D eigenvalue weighted by Crippen LogP contribution is 1.89. The number of nitrogens with one attached hydrogen (secondary N) is 1. The molecule has 0 saturated carbocycles. The number of aliphatic hydroxyl groups excluding tert-OH is 2. The molecule has 0 amide bonds. The van der Waals surface area contributed by atoms with E-state index in [0.29, 0.717) is 0 Å². The smallest absolute Gasteiger partial charge is 0.0402 e. The fourth-order valence-electron chi connectivity index (χ4n) is 0.552. The minimum Gasteiger partial charge on any atom is -0.400 e. The predicted molar refractivity (Wildman–Crippen MR) is 65.7 cm³/mol. The maximum absolute atomic E-state index is 7.57. The summed E-state index contributed by atoms with van der Waals surface area (Å²) in [5, 5.41) is 17.7. The van der Waals surface area contributed by atoms with E-state index in [1.54, 1.807) is 6.92 Å². The zero-order chi connectivity index (χ0) is 12.2. The summed E-state index contributed by atoms with van der Waals surface area (Å²) in [6.07, 6.45) is 4.01. The van der Waals surface area contributed by atoms with Crippen molar-refractivity contribution < 1.29 is 10.2 Å². The van der Waals surface area contributed by atoms with Gasteiger partial charge in [-0.15, -0.1) is 0 Å². The first kappa shape index (κ1) is 23.6. The molecule has 0 bridgehead atoms. The Morgan fingerprint density at radius 1 is 1.00 bits per heavy atom. The molecule has 0 spiro atoms. The monoisotopic (exact) mass is 209 g/mol. The van der Waals surface area contributed by atoms with Gasteiger partial charge in [-0.25, -0.2) is 0 Å². The summed E-state index contributed by atoms with van der Waals surface area (Å²) in [6, 6.07) is 0. The van der Waals surface area contributed by atoms with Crippen molar-refractivity contribution in [2.75, 3.05) is 27.3 Å². The van der Waals surface area contributed by atoms with Crippen LogP contribution in [0.2, 0.25) is 0 Å². The predicted octanol–water partition coefficient (Wildman–Crippen LogP) is 2.03. The lowest BCUT2D eigenvalue weighted by molar-refractivity contribution is 0.318. The van der Waals surface area contributed by atoms with Gasteiger partial charge in [0.1, 0.15) is 0 Å². The normalized spacial score (nSPS) is 6.86. The van der Waals surface area contributed by atoms with Crippen LogP contribution in [-0.4, -0.2) is 37.5 Å². The van der Waals surface area contributed by atoms with Gasteiger partial charge in [0.25, 0.3) is 0 Å². The fourth-order valence-corrected chi connectivity index (χ4v) is 0.552. The topological polar surface area (TPSA) is 52.5 Å².